The number of hydrogen-bond donors (Lipinski definition) is 2. The van der Waals surface area contributed by atoms with Gasteiger partial charge in [-0.2, -0.15) is 0 Å². The minimum absolute atomic E-state index is 0.0480. The summed E-state index contributed by atoms with van der Waals surface area (Å²) in [5.74, 6) is 0.0480. The number of carbonyl (C=O) groups excluding carboxylic acids is 1. The minimum Gasteiger partial charge on any atom is -0.397 e. The highest BCUT2D eigenvalue weighted by atomic mass is 79.9. The Labute approximate surface area is 110 Å². The summed E-state index contributed by atoms with van der Waals surface area (Å²) < 4.78 is 0.928. The highest BCUT2D eigenvalue weighted by Gasteiger charge is 2.16. The van der Waals surface area contributed by atoms with Crippen LogP contribution in [0.25, 0.3) is 0 Å². The van der Waals surface area contributed by atoms with Gasteiger partial charge in [0.1, 0.15) is 6.04 Å². The first-order valence-electron chi connectivity index (χ1n) is 5.52. The molecule has 5 heteroatoms. The van der Waals surface area contributed by atoms with Gasteiger partial charge in [-0.1, -0.05) is 15.9 Å². The van der Waals surface area contributed by atoms with Crippen molar-refractivity contribution in [3.05, 3.63) is 22.7 Å². The Morgan fingerprint density at radius 3 is 2.82 bits per heavy atom. The second-order valence-corrected chi connectivity index (χ2v) is 4.87. The number of nitrogens with two attached hydrogens (primary N) is 1. The highest BCUT2D eigenvalue weighted by Crippen LogP contribution is 2.24. The molecule has 0 aliphatic heterocycles. The van der Waals surface area contributed by atoms with Crippen LogP contribution in [-0.2, 0) is 4.79 Å². The molecule has 1 rings (SSSR count). The molecule has 0 aliphatic carbocycles. The molecule has 1 amide bonds. The lowest BCUT2D eigenvalue weighted by molar-refractivity contribution is -0.130. The van der Waals surface area contributed by atoms with E-state index in [-0.39, 0.29) is 11.9 Å². The second-order valence-electron chi connectivity index (χ2n) is 3.95. The summed E-state index contributed by atoms with van der Waals surface area (Å²) in [6, 6.07) is 5.24. The van der Waals surface area contributed by atoms with Crippen LogP contribution >= 0.6 is 15.9 Å². The molecule has 0 aromatic heterocycles. The number of anilines is 2. The van der Waals surface area contributed by atoms with Crippen LogP contribution < -0.4 is 11.1 Å². The first kappa shape index (κ1) is 13.8. The van der Waals surface area contributed by atoms with Crippen LogP contribution in [0.5, 0.6) is 0 Å². The minimum atomic E-state index is -0.295. The number of carbonyl (C=O) groups is 1. The molecule has 1 unspecified atom stereocenters. The van der Waals surface area contributed by atoms with Gasteiger partial charge in [-0.3, -0.25) is 4.79 Å². The standard InChI is InChI=1S/C12H18BrN3O/c1-4-16(3)12(17)8(2)15-11-7-9(13)5-6-10(11)14/h5-8,15H,4,14H2,1-3H3. The molecule has 0 saturated heterocycles. The fourth-order valence-electron chi connectivity index (χ4n) is 1.43. The first-order chi connectivity index (χ1) is 7.95. The van der Waals surface area contributed by atoms with E-state index in [2.05, 4.69) is 21.2 Å². The molecule has 0 spiro atoms. The number of amides is 1. The van der Waals surface area contributed by atoms with Crippen molar-refractivity contribution < 1.29 is 4.79 Å². The number of benzene rings is 1. The van der Waals surface area contributed by atoms with Gasteiger partial charge in [-0.05, 0) is 32.0 Å². The molecular formula is C12H18BrN3O. The number of likely N-dealkylation sites (N-methyl/N-ethyl adjacent to an activating group) is 1. The van der Waals surface area contributed by atoms with E-state index >= 15 is 0 Å². The zero-order chi connectivity index (χ0) is 13.0. The van der Waals surface area contributed by atoms with Crippen molar-refractivity contribution in [2.75, 3.05) is 24.6 Å². The number of hydrogen-bond acceptors (Lipinski definition) is 3. The average Bonchev–Trinajstić information content (AvgIpc) is 2.31. The predicted octanol–water partition coefficient (Wildman–Crippen LogP) is 2.31. The van der Waals surface area contributed by atoms with E-state index in [1.807, 2.05) is 26.0 Å². The fraction of sp³-hybridized carbons (Fsp3) is 0.417. The summed E-state index contributed by atoms with van der Waals surface area (Å²) in [4.78, 5) is 13.6. The Hall–Kier alpha value is -1.23. The van der Waals surface area contributed by atoms with Crippen molar-refractivity contribution in [3.63, 3.8) is 0 Å². The van der Waals surface area contributed by atoms with Crippen LogP contribution in [-0.4, -0.2) is 30.4 Å². The third-order valence-corrected chi connectivity index (χ3v) is 3.10. The summed E-state index contributed by atoms with van der Waals surface area (Å²) >= 11 is 3.37. The molecule has 4 nitrogen and oxygen atoms in total. The first-order valence-corrected chi connectivity index (χ1v) is 6.31. The summed E-state index contributed by atoms with van der Waals surface area (Å²) in [7, 11) is 1.78. The lowest BCUT2D eigenvalue weighted by Crippen LogP contribution is -2.38. The molecule has 0 aliphatic rings. The van der Waals surface area contributed by atoms with E-state index in [1.165, 1.54) is 0 Å². The smallest absolute Gasteiger partial charge is 0.244 e. The number of halogens is 1. The van der Waals surface area contributed by atoms with Gasteiger partial charge >= 0.3 is 0 Å². The summed E-state index contributed by atoms with van der Waals surface area (Å²) in [6.45, 7) is 4.46. The monoisotopic (exact) mass is 299 g/mol. The second kappa shape index (κ2) is 5.91. The summed E-state index contributed by atoms with van der Waals surface area (Å²) in [5, 5.41) is 3.12. The van der Waals surface area contributed by atoms with Crippen LogP contribution in [0.3, 0.4) is 0 Å². The quantitative estimate of drug-likeness (QED) is 0.839. The van der Waals surface area contributed by atoms with Gasteiger partial charge in [-0.15, -0.1) is 0 Å². The lowest BCUT2D eigenvalue weighted by atomic mass is 10.2. The number of nitrogens with zero attached hydrogens (tertiary/aromatic N) is 1. The van der Waals surface area contributed by atoms with Gasteiger partial charge in [0.05, 0.1) is 11.4 Å². The molecule has 0 heterocycles. The summed E-state index contributed by atoms with van der Waals surface area (Å²) in [5.41, 5.74) is 7.24. The molecule has 1 atom stereocenters. The molecule has 0 fully saturated rings. The molecule has 3 N–H and O–H groups in total. The number of nitrogens with one attached hydrogen (secondary N) is 1. The topological polar surface area (TPSA) is 58.4 Å². The van der Waals surface area contributed by atoms with Gasteiger partial charge in [0.15, 0.2) is 0 Å². The van der Waals surface area contributed by atoms with Crippen molar-refractivity contribution in [1.29, 1.82) is 0 Å². The maximum Gasteiger partial charge on any atom is 0.244 e. The van der Waals surface area contributed by atoms with E-state index in [0.29, 0.717) is 12.2 Å². The number of nitrogen functional groups attached to an aromatic ring is 1. The third kappa shape index (κ3) is 3.63. The van der Waals surface area contributed by atoms with E-state index in [0.717, 1.165) is 10.2 Å². The lowest BCUT2D eigenvalue weighted by Gasteiger charge is -2.22. The largest absolute Gasteiger partial charge is 0.397 e. The Balaban J connectivity index is 2.77. The third-order valence-electron chi connectivity index (χ3n) is 2.61. The Kier molecular flexibility index (Phi) is 4.81. The van der Waals surface area contributed by atoms with Crippen LogP contribution in [0.4, 0.5) is 11.4 Å². The Morgan fingerprint density at radius 1 is 1.59 bits per heavy atom. The molecule has 0 saturated carbocycles. The van der Waals surface area contributed by atoms with Crippen molar-refractivity contribution in [3.8, 4) is 0 Å². The van der Waals surface area contributed by atoms with E-state index in [9.17, 15) is 4.79 Å². The zero-order valence-electron chi connectivity index (χ0n) is 10.3. The van der Waals surface area contributed by atoms with Gasteiger partial charge in [-0.25, -0.2) is 0 Å². The zero-order valence-corrected chi connectivity index (χ0v) is 11.9. The maximum atomic E-state index is 11.9. The van der Waals surface area contributed by atoms with Gasteiger partial charge in [0.2, 0.25) is 5.91 Å². The molecular weight excluding hydrogens is 282 g/mol. The molecule has 94 valence electrons. The normalized spacial score (nSPS) is 12.0. The van der Waals surface area contributed by atoms with Gasteiger partial charge in [0.25, 0.3) is 0 Å². The van der Waals surface area contributed by atoms with Crippen molar-refractivity contribution >= 4 is 33.2 Å². The number of rotatable bonds is 4. The predicted molar refractivity (Wildman–Crippen MR) is 75.0 cm³/mol. The molecule has 1 aromatic rings. The van der Waals surface area contributed by atoms with Gasteiger partial charge < -0.3 is 16.0 Å². The van der Waals surface area contributed by atoms with Crippen molar-refractivity contribution in [2.24, 2.45) is 0 Å². The van der Waals surface area contributed by atoms with E-state index in [4.69, 9.17) is 5.73 Å². The average molecular weight is 300 g/mol. The van der Waals surface area contributed by atoms with Crippen LogP contribution in [0, 0.1) is 0 Å². The van der Waals surface area contributed by atoms with Crippen molar-refractivity contribution in [2.45, 2.75) is 19.9 Å². The summed E-state index contributed by atoms with van der Waals surface area (Å²) in [6.07, 6.45) is 0. The molecule has 17 heavy (non-hydrogen) atoms. The Bertz CT molecular complexity index is 409. The van der Waals surface area contributed by atoms with Crippen LogP contribution in [0.2, 0.25) is 0 Å². The molecule has 1 aromatic carbocycles. The molecule has 0 radical (unpaired) electrons. The van der Waals surface area contributed by atoms with Crippen LogP contribution in [0.15, 0.2) is 22.7 Å². The fourth-order valence-corrected chi connectivity index (χ4v) is 1.80. The molecule has 0 bridgehead atoms. The van der Waals surface area contributed by atoms with Crippen molar-refractivity contribution in [1.82, 2.24) is 4.90 Å². The van der Waals surface area contributed by atoms with Crippen LogP contribution in [0.1, 0.15) is 13.8 Å². The van der Waals surface area contributed by atoms with E-state index < -0.39 is 0 Å². The SMILES string of the molecule is CCN(C)C(=O)C(C)Nc1cc(Br)ccc1N. The van der Waals surface area contributed by atoms with E-state index in [1.54, 1.807) is 18.0 Å². The Morgan fingerprint density at radius 2 is 2.24 bits per heavy atom. The van der Waals surface area contributed by atoms with Gasteiger partial charge in [0, 0.05) is 18.1 Å². The maximum absolute atomic E-state index is 11.9. The highest BCUT2D eigenvalue weighted by molar-refractivity contribution is 9.10.